The van der Waals surface area contributed by atoms with Crippen LogP contribution in [0.1, 0.15) is 51.9 Å². The lowest BCUT2D eigenvalue weighted by atomic mass is 9.88. The van der Waals surface area contributed by atoms with Crippen molar-refractivity contribution in [3.63, 3.8) is 0 Å². The quantitative estimate of drug-likeness (QED) is 0.533. The van der Waals surface area contributed by atoms with E-state index in [1.807, 2.05) is 11.8 Å². The van der Waals surface area contributed by atoms with Crippen LogP contribution >= 0.6 is 0 Å². The van der Waals surface area contributed by atoms with E-state index >= 15 is 0 Å². The minimum Gasteiger partial charge on any atom is -0.465 e. The van der Waals surface area contributed by atoms with Crippen molar-refractivity contribution in [1.29, 1.82) is 0 Å². The van der Waals surface area contributed by atoms with Crippen molar-refractivity contribution >= 4 is 12.4 Å². The van der Waals surface area contributed by atoms with Crippen molar-refractivity contribution in [3.8, 4) is 0 Å². The van der Waals surface area contributed by atoms with Gasteiger partial charge in [0.2, 0.25) is 6.41 Å². The molecule has 0 aromatic rings. The molecule has 1 saturated heterocycles. The second kappa shape index (κ2) is 9.13. The summed E-state index contributed by atoms with van der Waals surface area (Å²) in [7, 11) is 0. The van der Waals surface area contributed by atoms with E-state index in [-0.39, 0.29) is 5.97 Å². The van der Waals surface area contributed by atoms with E-state index in [0.29, 0.717) is 25.1 Å². The highest BCUT2D eigenvalue weighted by atomic mass is 16.5. The molecule has 0 N–H and O–H groups in total. The number of likely N-dealkylation sites (tertiary alicyclic amines) is 1. The van der Waals surface area contributed by atoms with Crippen LogP contribution in [0.25, 0.3) is 0 Å². The van der Waals surface area contributed by atoms with Gasteiger partial charge in [0.25, 0.3) is 0 Å². The molecule has 2 aliphatic rings. The monoisotopic (exact) mass is 310 g/mol. The van der Waals surface area contributed by atoms with E-state index in [0.717, 1.165) is 38.9 Å². The summed E-state index contributed by atoms with van der Waals surface area (Å²) < 4.78 is 5.14. The molecule has 1 amide bonds. The molecule has 1 aliphatic carbocycles. The lowest BCUT2D eigenvalue weighted by Gasteiger charge is -2.39. The van der Waals surface area contributed by atoms with Crippen LogP contribution < -0.4 is 0 Å². The number of carbonyl (C=O) groups excluding carboxylic acids is 2. The van der Waals surface area contributed by atoms with Gasteiger partial charge in [0.1, 0.15) is 0 Å². The van der Waals surface area contributed by atoms with Crippen molar-refractivity contribution in [2.24, 2.45) is 5.92 Å². The number of rotatable bonds is 7. The minimum absolute atomic E-state index is 0.137. The standard InChI is InChI=1S/C17H30N2O3/c1-2-22-17(21)13-19(11-15-7-4-3-5-8-15)16-9-6-10-18(12-16)14-20/h14-16H,2-13H2,1H3. The number of hydrogen-bond acceptors (Lipinski definition) is 4. The third-order valence-corrected chi connectivity index (χ3v) is 4.95. The zero-order valence-electron chi connectivity index (χ0n) is 13.8. The Hall–Kier alpha value is -1.10. The molecule has 5 nitrogen and oxygen atoms in total. The Bertz CT molecular complexity index is 356. The molecule has 0 aromatic heterocycles. The lowest BCUT2D eigenvalue weighted by molar-refractivity contribution is -0.145. The first-order valence-corrected chi connectivity index (χ1v) is 8.82. The van der Waals surface area contributed by atoms with Crippen LogP contribution in [0, 0.1) is 5.92 Å². The highest BCUT2D eigenvalue weighted by Crippen LogP contribution is 2.26. The predicted octanol–water partition coefficient (Wildman–Crippen LogP) is 2.05. The van der Waals surface area contributed by atoms with E-state index in [4.69, 9.17) is 4.74 Å². The maximum Gasteiger partial charge on any atom is 0.320 e. The molecule has 1 unspecified atom stereocenters. The number of ether oxygens (including phenoxy) is 1. The van der Waals surface area contributed by atoms with Crippen molar-refractivity contribution < 1.29 is 14.3 Å². The topological polar surface area (TPSA) is 49.9 Å². The van der Waals surface area contributed by atoms with Gasteiger partial charge in [-0.3, -0.25) is 14.5 Å². The van der Waals surface area contributed by atoms with Gasteiger partial charge in [0.05, 0.1) is 13.2 Å². The maximum atomic E-state index is 11.9. The van der Waals surface area contributed by atoms with Crippen molar-refractivity contribution in [1.82, 2.24) is 9.80 Å². The smallest absolute Gasteiger partial charge is 0.320 e. The molecule has 0 bridgehead atoms. The van der Waals surface area contributed by atoms with Crippen LogP contribution in [0.5, 0.6) is 0 Å². The summed E-state index contributed by atoms with van der Waals surface area (Å²) in [6, 6.07) is 0.297. The summed E-state index contributed by atoms with van der Waals surface area (Å²) in [5, 5.41) is 0. The largest absolute Gasteiger partial charge is 0.465 e. The molecule has 0 spiro atoms. The van der Waals surface area contributed by atoms with Gasteiger partial charge >= 0.3 is 5.97 Å². The normalized spacial score (nSPS) is 23.5. The van der Waals surface area contributed by atoms with Crippen LogP contribution in [0.4, 0.5) is 0 Å². The van der Waals surface area contributed by atoms with E-state index in [9.17, 15) is 9.59 Å². The summed E-state index contributed by atoms with van der Waals surface area (Å²) in [5.74, 6) is 0.552. The first kappa shape index (κ1) is 17.3. The van der Waals surface area contributed by atoms with E-state index < -0.39 is 0 Å². The Morgan fingerprint density at radius 1 is 1.23 bits per heavy atom. The van der Waals surface area contributed by atoms with Crippen molar-refractivity contribution in [3.05, 3.63) is 0 Å². The summed E-state index contributed by atoms with van der Waals surface area (Å²) in [5.41, 5.74) is 0. The van der Waals surface area contributed by atoms with Crippen LogP contribution in [0.15, 0.2) is 0 Å². The molecular weight excluding hydrogens is 280 g/mol. The van der Waals surface area contributed by atoms with Gasteiger partial charge in [-0.15, -0.1) is 0 Å². The highest BCUT2D eigenvalue weighted by molar-refractivity contribution is 5.71. The first-order chi connectivity index (χ1) is 10.7. The average molecular weight is 310 g/mol. The van der Waals surface area contributed by atoms with Gasteiger partial charge in [0, 0.05) is 25.7 Å². The van der Waals surface area contributed by atoms with Gasteiger partial charge < -0.3 is 9.64 Å². The summed E-state index contributed by atoms with van der Waals surface area (Å²) in [6.07, 6.45) is 9.52. The van der Waals surface area contributed by atoms with Crippen LogP contribution in [0.3, 0.4) is 0 Å². The summed E-state index contributed by atoms with van der Waals surface area (Å²) >= 11 is 0. The number of nitrogens with zero attached hydrogens (tertiary/aromatic N) is 2. The molecule has 5 heteroatoms. The van der Waals surface area contributed by atoms with E-state index in [2.05, 4.69) is 4.90 Å². The van der Waals surface area contributed by atoms with Crippen LogP contribution in [-0.4, -0.2) is 61.0 Å². The van der Waals surface area contributed by atoms with E-state index in [1.54, 1.807) is 0 Å². The number of carbonyl (C=O) groups is 2. The molecular formula is C17H30N2O3. The van der Waals surface area contributed by atoms with Crippen LogP contribution in [-0.2, 0) is 14.3 Å². The van der Waals surface area contributed by atoms with Gasteiger partial charge in [-0.25, -0.2) is 0 Å². The second-order valence-electron chi connectivity index (χ2n) is 6.63. The van der Waals surface area contributed by atoms with Crippen LogP contribution in [0.2, 0.25) is 0 Å². The number of amides is 1. The first-order valence-electron chi connectivity index (χ1n) is 8.82. The SMILES string of the molecule is CCOC(=O)CN(CC1CCCCC1)C1CCCN(C=O)C1. The Balaban J connectivity index is 1.95. The third kappa shape index (κ3) is 5.27. The fourth-order valence-electron chi connectivity index (χ4n) is 3.79. The van der Waals surface area contributed by atoms with Gasteiger partial charge in [0.15, 0.2) is 0 Å². The molecule has 126 valence electrons. The van der Waals surface area contributed by atoms with Crippen molar-refractivity contribution in [2.75, 3.05) is 32.8 Å². The molecule has 1 heterocycles. The zero-order valence-corrected chi connectivity index (χ0v) is 13.8. The summed E-state index contributed by atoms with van der Waals surface area (Å²) in [6.45, 7) is 5.20. The fourth-order valence-corrected chi connectivity index (χ4v) is 3.79. The van der Waals surface area contributed by atoms with Crippen molar-refractivity contribution in [2.45, 2.75) is 57.9 Å². The van der Waals surface area contributed by atoms with Gasteiger partial charge in [-0.2, -0.15) is 0 Å². The Labute approximate surface area is 134 Å². The van der Waals surface area contributed by atoms with Gasteiger partial charge in [-0.05, 0) is 38.5 Å². The Kier molecular flexibility index (Phi) is 7.16. The van der Waals surface area contributed by atoms with Gasteiger partial charge in [-0.1, -0.05) is 19.3 Å². The molecule has 1 saturated carbocycles. The lowest BCUT2D eigenvalue weighted by Crippen LogP contribution is -2.50. The molecule has 22 heavy (non-hydrogen) atoms. The Morgan fingerprint density at radius 3 is 2.68 bits per heavy atom. The Morgan fingerprint density at radius 2 is 2.00 bits per heavy atom. The molecule has 0 radical (unpaired) electrons. The maximum absolute atomic E-state index is 11.9. The van der Waals surface area contributed by atoms with E-state index in [1.165, 1.54) is 32.1 Å². The number of esters is 1. The average Bonchev–Trinajstić information content (AvgIpc) is 2.55. The molecule has 2 fully saturated rings. The molecule has 1 aliphatic heterocycles. The second-order valence-corrected chi connectivity index (χ2v) is 6.63. The zero-order chi connectivity index (χ0) is 15.8. The molecule has 0 aromatic carbocycles. The molecule has 1 atom stereocenters. The minimum atomic E-state index is -0.137. The summed E-state index contributed by atoms with van der Waals surface area (Å²) in [4.78, 5) is 27.1. The fraction of sp³-hybridized carbons (Fsp3) is 0.882. The number of hydrogen-bond donors (Lipinski definition) is 0. The number of piperidine rings is 1. The third-order valence-electron chi connectivity index (χ3n) is 4.95. The molecule has 2 rings (SSSR count). The predicted molar refractivity (Wildman–Crippen MR) is 85.4 cm³/mol. The highest BCUT2D eigenvalue weighted by Gasteiger charge is 2.28.